The summed E-state index contributed by atoms with van der Waals surface area (Å²) in [7, 11) is 0. The average molecular weight is 406 g/mol. The zero-order valence-corrected chi connectivity index (χ0v) is 16.5. The van der Waals surface area contributed by atoms with E-state index in [-0.39, 0.29) is 5.95 Å². The molecule has 0 fully saturated rings. The Bertz CT molecular complexity index is 1170. The lowest BCUT2D eigenvalue weighted by Gasteiger charge is -2.25. The number of rotatable bonds is 3. The molecule has 0 aliphatic carbocycles. The summed E-state index contributed by atoms with van der Waals surface area (Å²) in [6.07, 6.45) is 1.62. The van der Waals surface area contributed by atoms with E-state index in [1.165, 1.54) is 16.8 Å². The number of anilines is 3. The highest BCUT2D eigenvalue weighted by Gasteiger charge is 2.23. The molecule has 2 aromatic heterocycles. The molecule has 3 N–H and O–H groups in total. The number of aromatic amines is 1. The molecule has 1 aliphatic rings. The summed E-state index contributed by atoms with van der Waals surface area (Å²) in [6.45, 7) is 3.15. The second-order valence-electron chi connectivity index (χ2n) is 7.11. The van der Waals surface area contributed by atoms with Crippen molar-refractivity contribution >= 4 is 40.2 Å². The fourth-order valence-corrected chi connectivity index (χ4v) is 4.08. The summed E-state index contributed by atoms with van der Waals surface area (Å²) in [5, 5.41) is 0.755. The first kappa shape index (κ1) is 17.8. The van der Waals surface area contributed by atoms with E-state index >= 15 is 0 Å². The van der Waals surface area contributed by atoms with Gasteiger partial charge < -0.3 is 20.5 Å². The Labute approximate surface area is 173 Å². The first-order chi connectivity index (χ1) is 14.2. The number of para-hydroxylation sites is 1. The Morgan fingerprint density at radius 3 is 2.86 bits per heavy atom. The topological polar surface area (TPSA) is 87.0 Å². The molecule has 2 aromatic carbocycles. The number of aromatic nitrogens is 4. The van der Waals surface area contributed by atoms with Gasteiger partial charge in [0.2, 0.25) is 5.95 Å². The fraction of sp³-hybridized carbons (Fsp3) is 0.190. The van der Waals surface area contributed by atoms with E-state index in [0.29, 0.717) is 5.65 Å². The van der Waals surface area contributed by atoms with Crippen molar-refractivity contribution < 1.29 is 0 Å². The summed E-state index contributed by atoms with van der Waals surface area (Å²) in [5.74, 6) is 1.01. The number of nitrogens with one attached hydrogen (secondary N) is 1. The minimum Gasteiger partial charge on any atom is -0.368 e. The van der Waals surface area contributed by atoms with Gasteiger partial charge in [-0.1, -0.05) is 41.9 Å². The second kappa shape index (κ2) is 7.25. The van der Waals surface area contributed by atoms with Crippen molar-refractivity contribution in [2.24, 2.45) is 0 Å². The highest BCUT2D eigenvalue weighted by atomic mass is 35.5. The van der Waals surface area contributed by atoms with Gasteiger partial charge in [-0.3, -0.25) is 0 Å². The number of benzene rings is 2. The number of hydrogen-bond acceptors (Lipinski definition) is 6. The summed E-state index contributed by atoms with van der Waals surface area (Å²) in [5.41, 5.74) is 11.0. The maximum Gasteiger partial charge on any atom is 0.224 e. The zero-order chi connectivity index (χ0) is 19.8. The Balaban J connectivity index is 1.51. The molecule has 3 heterocycles. The summed E-state index contributed by atoms with van der Waals surface area (Å²) < 4.78 is 0. The first-order valence-corrected chi connectivity index (χ1v) is 9.84. The highest BCUT2D eigenvalue weighted by molar-refractivity contribution is 6.30. The van der Waals surface area contributed by atoms with Crippen molar-refractivity contribution in [1.29, 1.82) is 0 Å². The molecule has 0 radical (unpaired) electrons. The van der Waals surface area contributed by atoms with Crippen molar-refractivity contribution in [3.05, 3.63) is 71.0 Å². The molecule has 1 aliphatic heterocycles. The first-order valence-electron chi connectivity index (χ1n) is 9.46. The minimum absolute atomic E-state index is 0.230. The minimum atomic E-state index is 0.230. The van der Waals surface area contributed by atoms with Gasteiger partial charge in [-0.15, -0.1) is 0 Å². The second-order valence-corrected chi connectivity index (χ2v) is 7.54. The lowest BCUT2D eigenvalue weighted by Crippen LogP contribution is -2.32. The van der Waals surface area contributed by atoms with Crippen LogP contribution in [-0.4, -0.2) is 33.0 Å². The zero-order valence-electron chi connectivity index (χ0n) is 15.7. The van der Waals surface area contributed by atoms with Crippen LogP contribution in [0.2, 0.25) is 5.02 Å². The SMILES string of the molecule is Nc1nc(N2CCN(Cc3cccc(Cl)c3)c3ccccc3C2)c2[nH]cnc2n1. The molecule has 4 aromatic rings. The van der Waals surface area contributed by atoms with Gasteiger partial charge >= 0.3 is 0 Å². The molecule has 5 rings (SSSR count). The van der Waals surface area contributed by atoms with Gasteiger partial charge in [-0.2, -0.15) is 9.97 Å². The van der Waals surface area contributed by atoms with Crippen molar-refractivity contribution in [2.45, 2.75) is 13.1 Å². The van der Waals surface area contributed by atoms with E-state index in [4.69, 9.17) is 17.3 Å². The van der Waals surface area contributed by atoms with E-state index in [1.54, 1.807) is 6.33 Å². The van der Waals surface area contributed by atoms with Crippen LogP contribution in [-0.2, 0) is 13.1 Å². The predicted molar refractivity (Wildman–Crippen MR) is 116 cm³/mol. The molecular weight excluding hydrogens is 386 g/mol. The molecule has 0 spiro atoms. The molecule has 29 heavy (non-hydrogen) atoms. The number of nitrogens with zero attached hydrogens (tertiary/aromatic N) is 5. The van der Waals surface area contributed by atoms with Crippen LogP contribution < -0.4 is 15.5 Å². The Kier molecular flexibility index (Phi) is 4.44. The van der Waals surface area contributed by atoms with E-state index in [9.17, 15) is 0 Å². The lowest BCUT2D eigenvalue weighted by atomic mass is 10.1. The van der Waals surface area contributed by atoms with Gasteiger partial charge in [-0.05, 0) is 29.3 Å². The largest absolute Gasteiger partial charge is 0.368 e. The maximum atomic E-state index is 6.20. The van der Waals surface area contributed by atoms with Crippen molar-refractivity contribution in [3.8, 4) is 0 Å². The highest BCUT2D eigenvalue weighted by Crippen LogP contribution is 2.31. The number of nitrogen functional groups attached to an aromatic ring is 1. The van der Waals surface area contributed by atoms with E-state index in [0.717, 1.165) is 42.5 Å². The van der Waals surface area contributed by atoms with E-state index in [1.807, 2.05) is 18.2 Å². The predicted octanol–water partition coefficient (Wildman–Crippen LogP) is 3.62. The molecule has 0 bridgehead atoms. The third-order valence-electron chi connectivity index (χ3n) is 5.18. The van der Waals surface area contributed by atoms with Gasteiger partial charge in [-0.25, -0.2) is 4.98 Å². The van der Waals surface area contributed by atoms with Crippen molar-refractivity contribution in [2.75, 3.05) is 28.6 Å². The molecule has 0 atom stereocenters. The normalized spacial score (nSPS) is 14.1. The molecule has 0 saturated carbocycles. The van der Waals surface area contributed by atoms with Crippen LogP contribution in [0.4, 0.5) is 17.5 Å². The van der Waals surface area contributed by atoms with E-state index in [2.05, 4.69) is 60.1 Å². The lowest BCUT2D eigenvalue weighted by molar-refractivity contribution is 0.751. The van der Waals surface area contributed by atoms with E-state index < -0.39 is 0 Å². The van der Waals surface area contributed by atoms with Crippen LogP contribution in [0.15, 0.2) is 54.9 Å². The van der Waals surface area contributed by atoms with Gasteiger partial charge in [0.05, 0.1) is 6.33 Å². The van der Waals surface area contributed by atoms with Crippen LogP contribution in [0, 0.1) is 0 Å². The van der Waals surface area contributed by atoms with Crippen molar-refractivity contribution in [1.82, 2.24) is 19.9 Å². The average Bonchev–Trinajstić information content (AvgIpc) is 3.10. The quantitative estimate of drug-likeness (QED) is 0.541. The number of H-pyrrole nitrogens is 1. The monoisotopic (exact) mass is 405 g/mol. The van der Waals surface area contributed by atoms with Crippen LogP contribution >= 0.6 is 11.6 Å². The van der Waals surface area contributed by atoms with Crippen LogP contribution in [0.3, 0.4) is 0 Å². The summed E-state index contributed by atoms with van der Waals surface area (Å²) >= 11 is 6.20. The molecular formula is C21H20ClN7. The number of nitrogens with two attached hydrogens (primary N) is 1. The molecule has 8 heteroatoms. The summed E-state index contributed by atoms with van der Waals surface area (Å²) in [4.78, 5) is 20.7. The van der Waals surface area contributed by atoms with Crippen LogP contribution in [0.25, 0.3) is 11.2 Å². The molecule has 0 amide bonds. The van der Waals surface area contributed by atoms with Crippen LogP contribution in [0.1, 0.15) is 11.1 Å². The van der Waals surface area contributed by atoms with Gasteiger partial charge in [0.25, 0.3) is 0 Å². The molecule has 146 valence electrons. The van der Waals surface area contributed by atoms with Gasteiger partial charge in [0.15, 0.2) is 11.5 Å². The molecule has 0 unspecified atom stereocenters. The van der Waals surface area contributed by atoms with Gasteiger partial charge in [0.1, 0.15) is 5.52 Å². The number of imidazole rings is 1. The standard InChI is InChI=1S/C21H20ClN7/c22-16-6-3-4-14(10-16)11-28-8-9-29(12-15-5-1-2-7-17(15)28)20-18-19(25-13-24-18)26-21(23)27-20/h1-7,10,13H,8-9,11-12H2,(H3,23,24,25,26,27). The number of hydrogen-bond donors (Lipinski definition) is 2. The Hall–Kier alpha value is -3.32. The van der Waals surface area contributed by atoms with Crippen molar-refractivity contribution in [3.63, 3.8) is 0 Å². The summed E-state index contributed by atoms with van der Waals surface area (Å²) in [6, 6.07) is 16.5. The number of halogens is 1. The Morgan fingerprint density at radius 1 is 1.07 bits per heavy atom. The third kappa shape index (κ3) is 3.45. The molecule has 0 saturated heterocycles. The third-order valence-corrected chi connectivity index (χ3v) is 5.41. The molecule has 7 nitrogen and oxygen atoms in total. The van der Waals surface area contributed by atoms with Gasteiger partial charge in [0, 0.05) is 36.9 Å². The maximum absolute atomic E-state index is 6.20. The smallest absolute Gasteiger partial charge is 0.224 e. The Morgan fingerprint density at radius 2 is 1.97 bits per heavy atom. The number of fused-ring (bicyclic) bond motifs is 2. The van der Waals surface area contributed by atoms with Crippen LogP contribution in [0.5, 0.6) is 0 Å². The fourth-order valence-electron chi connectivity index (χ4n) is 3.86.